The number of benzene rings is 1. The molecular formula is C23H37Cl2NO2S. The van der Waals surface area contributed by atoms with Crippen molar-refractivity contribution in [2.45, 2.75) is 83.6 Å². The molecule has 1 aliphatic carbocycles. The highest BCUT2D eigenvalue weighted by atomic mass is 35.5. The third kappa shape index (κ3) is 7.12. The van der Waals surface area contributed by atoms with Crippen LogP contribution < -0.4 is 5.32 Å². The van der Waals surface area contributed by atoms with E-state index in [0.29, 0.717) is 33.5 Å². The number of hydrogen-bond acceptors (Lipinski definition) is 3. The fraction of sp³-hybridized carbons (Fsp3) is 0.739. The van der Waals surface area contributed by atoms with Gasteiger partial charge in [0, 0.05) is 11.5 Å². The smallest absolute Gasteiger partial charge is 0.150 e. The van der Waals surface area contributed by atoms with Crippen molar-refractivity contribution in [1.29, 1.82) is 0 Å². The van der Waals surface area contributed by atoms with Crippen LogP contribution in [0.15, 0.2) is 18.2 Å². The first-order chi connectivity index (χ1) is 13.7. The molecule has 1 N–H and O–H groups in total. The number of nitrogens with one attached hydrogen (secondary N) is 1. The van der Waals surface area contributed by atoms with Gasteiger partial charge in [0.05, 0.1) is 21.6 Å². The van der Waals surface area contributed by atoms with Crippen LogP contribution >= 0.6 is 23.2 Å². The summed E-state index contributed by atoms with van der Waals surface area (Å²) in [5.41, 5.74) is 1.38. The van der Waals surface area contributed by atoms with Gasteiger partial charge in [-0.05, 0) is 68.7 Å². The molecule has 1 saturated carbocycles. The molecule has 1 unspecified atom stereocenters. The van der Waals surface area contributed by atoms with Crippen LogP contribution in [-0.4, -0.2) is 32.5 Å². The van der Waals surface area contributed by atoms with Gasteiger partial charge < -0.3 is 5.32 Å². The molecule has 1 aliphatic rings. The Kier molecular flexibility index (Phi) is 9.79. The third-order valence-electron chi connectivity index (χ3n) is 6.20. The lowest BCUT2D eigenvalue weighted by Gasteiger charge is -2.49. The summed E-state index contributed by atoms with van der Waals surface area (Å²) < 4.78 is 24.1. The number of halogens is 2. The van der Waals surface area contributed by atoms with Gasteiger partial charge in [0.2, 0.25) is 0 Å². The number of rotatable bonds is 13. The SMILES string of the molecule is CCCCS(=O)(=O)CCCCNC(CC(C)C)C1(c2ccc(Cl)c(Cl)c2)CCC1. The topological polar surface area (TPSA) is 46.2 Å². The molecule has 1 aromatic rings. The van der Waals surface area contributed by atoms with Crippen molar-refractivity contribution >= 4 is 33.0 Å². The third-order valence-corrected chi connectivity index (χ3v) is 8.76. The van der Waals surface area contributed by atoms with Crippen molar-refractivity contribution in [2.75, 3.05) is 18.1 Å². The van der Waals surface area contributed by atoms with Gasteiger partial charge in [-0.15, -0.1) is 0 Å². The van der Waals surface area contributed by atoms with E-state index in [0.717, 1.165) is 51.5 Å². The fourth-order valence-corrected chi connectivity index (χ4v) is 6.24. The Balaban J connectivity index is 1.98. The molecule has 0 aromatic heterocycles. The lowest BCUT2D eigenvalue weighted by Crippen LogP contribution is -2.53. The van der Waals surface area contributed by atoms with Gasteiger partial charge in [-0.2, -0.15) is 0 Å². The Morgan fingerprint density at radius 1 is 1.07 bits per heavy atom. The fourth-order valence-electron chi connectivity index (χ4n) is 4.37. The van der Waals surface area contributed by atoms with Crippen LogP contribution in [0.2, 0.25) is 10.0 Å². The number of unbranched alkanes of at least 4 members (excludes halogenated alkanes) is 2. The van der Waals surface area contributed by atoms with Crippen LogP contribution in [0.3, 0.4) is 0 Å². The second-order valence-electron chi connectivity index (χ2n) is 8.99. The molecule has 0 heterocycles. The van der Waals surface area contributed by atoms with Gasteiger partial charge in [0.25, 0.3) is 0 Å². The summed E-state index contributed by atoms with van der Waals surface area (Å²) in [5.74, 6) is 1.22. The number of sulfone groups is 1. The predicted octanol–water partition coefficient (Wildman–Crippen LogP) is 6.41. The van der Waals surface area contributed by atoms with Crippen molar-refractivity contribution in [2.24, 2.45) is 5.92 Å². The standard InChI is InChI=1S/C23H37Cl2NO2S/c1-4-5-14-29(27,28)15-7-6-13-26-22(16-18(2)3)23(11-8-12-23)19-9-10-20(24)21(25)17-19/h9-10,17-18,22,26H,4-8,11-16H2,1-3H3. The van der Waals surface area contributed by atoms with Crippen LogP contribution in [0.1, 0.15) is 77.7 Å². The first kappa shape index (κ1) is 25.0. The molecule has 6 heteroatoms. The van der Waals surface area contributed by atoms with E-state index in [-0.39, 0.29) is 5.41 Å². The summed E-state index contributed by atoms with van der Waals surface area (Å²) >= 11 is 12.5. The first-order valence-corrected chi connectivity index (χ1v) is 13.7. The maximum Gasteiger partial charge on any atom is 0.150 e. The van der Waals surface area contributed by atoms with E-state index in [2.05, 4.69) is 25.2 Å². The summed E-state index contributed by atoms with van der Waals surface area (Å²) in [6, 6.07) is 6.44. The molecule has 0 spiro atoms. The highest BCUT2D eigenvalue weighted by molar-refractivity contribution is 7.91. The van der Waals surface area contributed by atoms with Gasteiger partial charge >= 0.3 is 0 Å². The van der Waals surface area contributed by atoms with Crippen molar-refractivity contribution in [3.63, 3.8) is 0 Å². The molecular weight excluding hydrogens is 425 g/mol. The van der Waals surface area contributed by atoms with Crippen LogP contribution in [0.5, 0.6) is 0 Å². The summed E-state index contributed by atoms with van der Waals surface area (Å²) in [4.78, 5) is 0. The molecule has 0 amide bonds. The second-order valence-corrected chi connectivity index (χ2v) is 12.1. The van der Waals surface area contributed by atoms with Gasteiger partial charge in [-0.1, -0.05) is 62.9 Å². The van der Waals surface area contributed by atoms with E-state index in [1.165, 1.54) is 12.0 Å². The van der Waals surface area contributed by atoms with Crippen LogP contribution in [0.25, 0.3) is 0 Å². The van der Waals surface area contributed by atoms with E-state index in [1.54, 1.807) is 0 Å². The normalized spacial score (nSPS) is 17.3. The van der Waals surface area contributed by atoms with E-state index >= 15 is 0 Å². The van der Waals surface area contributed by atoms with Gasteiger partial charge in [-0.25, -0.2) is 8.42 Å². The van der Waals surface area contributed by atoms with Crippen molar-refractivity contribution in [3.05, 3.63) is 33.8 Å². The van der Waals surface area contributed by atoms with Gasteiger partial charge in [0.15, 0.2) is 0 Å². The Morgan fingerprint density at radius 2 is 1.76 bits per heavy atom. The predicted molar refractivity (Wildman–Crippen MR) is 126 cm³/mol. The Labute approximate surface area is 187 Å². The van der Waals surface area contributed by atoms with E-state index < -0.39 is 9.84 Å². The lowest BCUT2D eigenvalue weighted by atomic mass is 9.59. The first-order valence-electron chi connectivity index (χ1n) is 11.1. The summed E-state index contributed by atoms with van der Waals surface area (Å²) in [6.45, 7) is 7.40. The van der Waals surface area contributed by atoms with Crippen LogP contribution in [0, 0.1) is 5.92 Å². The summed E-state index contributed by atoms with van der Waals surface area (Å²) in [6.07, 6.45) is 7.94. The monoisotopic (exact) mass is 461 g/mol. The average molecular weight is 463 g/mol. The molecule has 0 saturated heterocycles. The maximum absolute atomic E-state index is 12.0. The molecule has 3 nitrogen and oxygen atoms in total. The number of hydrogen-bond donors (Lipinski definition) is 1. The van der Waals surface area contributed by atoms with Gasteiger partial charge in [-0.3, -0.25) is 0 Å². The Hall–Kier alpha value is -0.290. The minimum atomic E-state index is -2.89. The quantitative estimate of drug-likeness (QED) is 0.344. The molecule has 2 rings (SSSR count). The Bertz CT molecular complexity index is 745. The van der Waals surface area contributed by atoms with Crippen LogP contribution in [0.4, 0.5) is 0 Å². The molecule has 29 heavy (non-hydrogen) atoms. The summed E-state index contributed by atoms with van der Waals surface area (Å²) in [5, 5.41) is 5.01. The van der Waals surface area contributed by atoms with E-state index in [9.17, 15) is 8.42 Å². The van der Waals surface area contributed by atoms with E-state index in [1.807, 2.05) is 19.1 Å². The van der Waals surface area contributed by atoms with Crippen molar-refractivity contribution in [3.8, 4) is 0 Å². The lowest BCUT2D eigenvalue weighted by molar-refractivity contribution is 0.151. The van der Waals surface area contributed by atoms with Crippen LogP contribution in [-0.2, 0) is 15.3 Å². The van der Waals surface area contributed by atoms with Gasteiger partial charge in [0.1, 0.15) is 9.84 Å². The van der Waals surface area contributed by atoms with Crippen molar-refractivity contribution < 1.29 is 8.42 Å². The highest BCUT2D eigenvalue weighted by Crippen LogP contribution is 2.49. The molecule has 0 radical (unpaired) electrons. The largest absolute Gasteiger partial charge is 0.313 e. The van der Waals surface area contributed by atoms with Crippen molar-refractivity contribution in [1.82, 2.24) is 5.32 Å². The molecule has 0 aliphatic heterocycles. The average Bonchev–Trinajstić information content (AvgIpc) is 2.61. The molecule has 1 atom stereocenters. The zero-order valence-corrected chi connectivity index (χ0v) is 20.5. The zero-order valence-electron chi connectivity index (χ0n) is 18.1. The Morgan fingerprint density at radius 3 is 2.31 bits per heavy atom. The highest BCUT2D eigenvalue weighted by Gasteiger charge is 2.45. The molecule has 0 bridgehead atoms. The maximum atomic E-state index is 12.0. The molecule has 166 valence electrons. The van der Waals surface area contributed by atoms with E-state index in [4.69, 9.17) is 23.2 Å². The molecule has 1 fully saturated rings. The minimum absolute atomic E-state index is 0.103. The zero-order chi connectivity index (χ0) is 21.5. The minimum Gasteiger partial charge on any atom is -0.313 e. The summed E-state index contributed by atoms with van der Waals surface area (Å²) in [7, 11) is -2.89. The molecule has 1 aromatic carbocycles. The second kappa shape index (κ2) is 11.4.